The molecule has 1 unspecified atom stereocenters. The first kappa shape index (κ1) is 15.5. The van der Waals surface area contributed by atoms with Crippen LogP contribution in [0, 0.1) is 0 Å². The molecule has 0 spiro atoms. The summed E-state index contributed by atoms with van der Waals surface area (Å²) < 4.78 is 0. The highest BCUT2D eigenvalue weighted by molar-refractivity contribution is 5.83. The Bertz CT molecular complexity index is 235. The molecule has 18 heavy (non-hydrogen) atoms. The minimum Gasteiger partial charge on any atom is -0.361 e. The summed E-state index contributed by atoms with van der Waals surface area (Å²) in [6, 6.07) is 0.517. The molecular formula is C16H32N2. The van der Waals surface area contributed by atoms with Gasteiger partial charge in [-0.1, -0.05) is 58.3 Å². The molecule has 1 rings (SSSR count). The predicted molar refractivity (Wildman–Crippen MR) is 81.4 cm³/mol. The number of amidine groups is 1. The third-order valence-electron chi connectivity index (χ3n) is 3.85. The van der Waals surface area contributed by atoms with Crippen molar-refractivity contribution in [2.24, 2.45) is 4.99 Å². The van der Waals surface area contributed by atoms with Gasteiger partial charge in [-0.15, -0.1) is 0 Å². The van der Waals surface area contributed by atoms with Crippen LogP contribution >= 0.6 is 0 Å². The average molecular weight is 252 g/mol. The Kier molecular flexibility index (Phi) is 8.11. The maximum absolute atomic E-state index is 4.68. The molecule has 0 saturated carbocycles. The molecule has 106 valence electrons. The van der Waals surface area contributed by atoms with Crippen LogP contribution in [0.5, 0.6) is 0 Å². The fourth-order valence-electron chi connectivity index (χ4n) is 2.74. The van der Waals surface area contributed by atoms with Gasteiger partial charge >= 0.3 is 0 Å². The van der Waals surface area contributed by atoms with Crippen molar-refractivity contribution >= 4 is 5.84 Å². The Labute approximate surface area is 114 Å². The van der Waals surface area contributed by atoms with Gasteiger partial charge in [0, 0.05) is 20.0 Å². The first-order chi connectivity index (χ1) is 8.74. The van der Waals surface area contributed by atoms with Crippen molar-refractivity contribution in [2.45, 2.75) is 84.1 Å². The monoisotopic (exact) mass is 252 g/mol. The van der Waals surface area contributed by atoms with Crippen LogP contribution in [0.25, 0.3) is 0 Å². The second-order valence-electron chi connectivity index (χ2n) is 5.85. The summed E-state index contributed by atoms with van der Waals surface area (Å²) in [6.07, 6.45) is 13.9. The van der Waals surface area contributed by atoms with Crippen LogP contribution in [0.4, 0.5) is 0 Å². The molecule has 0 aromatic rings. The number of nitrogens with zero attached hydrogens (tertiary/aromatic N) is 2. The van der Waals surface area contributed by atoms with E-state index in [1.54, 1.807) is 0 Å². The highest BCUT2D eigenvalue weighted by Crippen LogP contribution is 2.14. The van der Waals surface area contributed by atoms with Gasteiger partial charge in [0.05, 0.1) is 11.9 Å². The van der Waals surface area contributed by atoms with Crippen molar-refractivity contribution in [1.29, 1.82) is 0 Å². The van der Waals surface area contributed by atoms with Crippen LogP contribution in [-0.2, 0) is 0 Å². The van der Waals surface area contributed by atoms with Crippen LogP contribution < -0.4 is 0 Å². The van der Waals surface area contributed by atoms with Crippen molar-refractivity contribution in [1.82, 2.24) is 4.90 Å². The van der Waals surface area contributed by atoms with Crippen LogP contribution in [0.3, 0.4) is 0 Å². The van der Waals surface area contributed by atoms with Crippen molar-refractivity contribution in [3.8, 4) is 0 Å². The summed E-state index contributed by atoms with van der Waals surface area (Å²) in [7, 11) is 2.18. The van der Waals surface area contributed by atoms with Gasteiger partial charge in [-0.05, 0) is 13.3 Å². The Balaban J connectivity index is 1.88. The highest BCUT2D eigenvalue weighted by atomic mass is 15.2. The van der Waals surface area contributed by atoms with Gasteiger partial charge in [0.2, 0.25) is 0 Å². The molecule has 0 aliphatic carbocycles. The molecular weight excluding hydrogens is 220 g/mol. The van der Waals surface area contributed by atoms with E-state index in [4.69, 9.17) is 0 Å². The van der Waals surface area contributed by atoms with Gasteiger partial charge in [-0.25, -0.2) is 0 Å². The first-order valence-corrected chi connectivity index (χ1v) is 8.02. The molecule has 1 aliphatic heterocycles. The fraction of sp³-hybridized carbons (Fsp3) is 0.938. The van der Waals surface area contributed by atoms with Gasteiger partial charge in [0.25, 0.3) is 0 Å². The summed E-state index contributed by atoms with van der Waals surface area (Å²) in [6.45, 7) is 5.61. The van der Waals surface area contributed by atoms with Crippen molar-refractivity contribution in [2.75, 3.05) is 13.6 Å². The lowest BCUT2D eigenvalue weighted by atomic mass is 10.1. The van der Waals surface area contributed by atoms with Crippen LogP contribution in [0.15, 0.2) is 4.99 Å². The van der Waals surface area contributed by atoms with Crippen molar-refractivity contribution < 1.29 is 0 Å². The number of hydrogen-bond acceptors (Lipinski definition) is 2. The summed E-state index contributed by atoms with van der Waals surface area (Å²) in [5.74, 6) is 1.34. The zero-order chi connectivity index (χ0) is 13.2. The predicted octanol–water partition coefficient (Wildman–Crippen LogP) is 4.64. The zero-order valence-electron chi connectivity index (χ0n) is 12.7. The molecule has 0 aromatic heterocycles. The standard InChI is InChI=1S/C16H32N2/c1-4-5-6-7-8-9-10-11-12-13-16-17-15(2)14-18(16)3/h15H,4-14H2,1-3H3. The van der Waals surface area contributed by atoms with E-state index in [0.717, 1.165) is 6.54 Å². The minimum atomic E-state index is 0.517. The van der Waals surface area contributed by atoms with E-state index in [-0.39, 0.29) is 0 Å². The van der Waals surface area contributed by atoms with Gasteiger partial charge in [0.15, 0.2) is 0 Å². The molecule has 2 heteroatoms. The van der Waals surface area contributed by atoms with Crippen molar-refractivity contribution in [3.63, 3.8) is 0 Å². The van der Waals surface area contributed by atoms with Gasteiger partial charge in [0.1, 0.15) is 0 Å². The lowest BCUT2D eigenvalue weighted by Crippen LogP contribution is -2.23. The topological polar surface area (TPSA) is 15.6 Å². The zero-order valence-corrected chi connectivity index (χ0v) is 12.7. The number of likely N-dealkylation sites (N-methyl/N-ethyl adjacent to an activating group) is 1. The van der Waals surface area contributed by atoms with E-state index in [2.05, 4.69) is 30.8 Å². The molecule has 0 amide bonds. The SMILES string of the molecule is CCCCCCCCCCCC1=NC(C)CN1C. The molecule has 0 bridgehead atoms. The quantitative estimate of drug-likeness (QED) is 0.517. The van der Waals surface area contributed by atoms with E-state index < -0.39 is 0 Å². The summed E-state index contributed by atoms with van der Waals surface area (Å²) >= 11 is 0. The molecule has 1 heterocycles. The third-order valence-corrected chi connectivity index (χ3v) is 3.85. The highest BCUT2D eigenvalue weighted by Gasteiger charge is 2.17. The molecule has 1 atom stereocenters. The number of hydrogen-bond donors (Lipinski definition) is 0. The van der Waals surface area contributed by atoms with Crippen LogP contribution in [0.1, 0.15) is 78.1 Å². The molecule has 2 nitrogen and oxygen atoms in total. The largest absolute Gasteiger partial charge is 0.361 e. The van der Waals surface area contributed by atoms with Crippen LogP contribution in [0.2, 0.25) is 0 Å². The second-order valence-corrected chi connectivity index (χ2v) is 5.85. The Morgan fingerprint density at radius 3 is 2.06 bits per heavy atom. The fourth-order valence-corrected chi connectivity index (χ4v) is 2.74. The molecule has 0 N–H and O–H groups in total. The first-order valence-electron chi connectivity index (χ1n) is 8.02. The third kappa shape index (κ3) is 6.42. The number of unbranched alkanes of at least 4 members (excludes halogenated alkanes) is 8. The molecule has 0 fully saturated rings. The van der Waals surface area contributed by atoms with Crippen molar-refractivity contribution in [3.05, 3.63) is 0 Å². The molecule has 0 saturated heterocycles. The van der Waals surface area contributed by atoms with E-state index >= 15 is 0 Å². The summed E-state index contributed by atoms with van der Waals surface area (Å²) in [5.41, 5.74) is 0. The maximum Gasteiger partial charge on any atom is 0.0991 e. The molecule has 1 aliphatic rings. The maximum atomic E-state index is 4.68. The molecule has 0 radical (unpaired) electrons. The van der Waals surface area contributed by atoms with Gasteiger partial charge < -0.3 is 4.90 Å². The van der Waals surface area contributed by atoms with E-state index in [9.17, 15) is 0 Å². The normalized spacial score (nSPS) is 19.4. The lowest BCUT2D eigenvalue weighted by molar-refractivity contribution is 0.500. The summed E-state index contributed by atoms with van der Waals surface area (Å²) in [4.78, 5) is 7.01. The summed E-state index contributed by atoms with van der Waals surface area (Å²) in [5, 5.41) is 0. The Hall–Kier alpha value is -0.530. The van der Waals surface area contributed by atoms with Gasteiger partial charge in [-0.3, -0.25) is 4.99 Å². The van der Waals surface area contributed by atoms with Gasteiger partial charge in [-0.2, -0.15) is 0 Å². The smallest absolute Gasteiger partial charge is 0.0991 e. The molecule has 0 aromatic carbocycles. The number of rotatable bonds is 10. The Morgan fingerprint density at radius 1 is 1.00 bits per heavy atom. The second kappa shape index (κ2) is 9.41. The average Bonchev–Trinajstić information content (AvgIpc) is 2.66. The van der Waals surface area contributed by atoms with E-state index in [0.29, 0.717) is 6.04 Å². The minimum absolute atomic E-state index is 0.517. The number of aliphatic imine (C=N–C) groups is 1. The van der Waals surface area contributed by atoms with E-state index in [1.165, 1.54) is 70.0 Å². The van der Waals surface area contributed by atoms with E-state index in [1.807, 2.05) is 0 Å². The lowest BCUT2D eigenvalue weighted by Gasteiger charge is -2.13. The Morgan fingerprint density at radius 2 is 1.56 bits per heavy atom. The van der Waals surface area contributed by atoms with Crippen LogP contribution in [-0.4, -0.2) is 30.4 Å².